The molecule has 1 aromatic carbocycles. The molecule has 2 N–H and O–H groups in total. The van der Waals surface area contributed by atoms with Crippen molar-refractivity contribution in [1.29, 1.82) is 0 Å². The Hall–Kier alpha value is -2.55. The van der Waals surface area contributed by atoms with Crippen LogP contribution in [0.4, 0.5) is 5.82 Å². The van der Waals surface area contributed by atoms with Gasteiger partial charge in [0.1, 0.15) is 11.6 Å². The average molecular weight is 435 g/mol. The molecule has 5 heterocycles. The predicted molar refractivity (Wildman–Crippen MR) is 122 cm³/mol. The van der Waals surface area contributed by atoms with Crippen LogP contribution in [0.15, 0.2) is 24.4 Å². The van der Waals surface area contributed by atoms with Gasteiger partial charge in [0.2, 0.25) is 0 Å². The van der Waals surface area contributed by atoms with E-state index < -0.39 is 5.60 Å². The van der Waals surface area contributed by atoms with Crippen LogP contribution in [0.3, 0.4) is 0 Å². The van der Waals surface area contributed by atoms with Crippen LogP contribution in [-0.4, -0.2) is 68.8 Å². The number of fused-ring (bicyclic) bond motifs is 3. The van der Waals surface area contributed by atoms with E-state index in [0.717, 1.165) is 60.9 Å². The number of aliphatic hydroxyl groups is 1. The number of piperidine rings is 1. The van der Waals surface area contributed by atoms with Gasteiger partial charge in [-0.05, 0) is 63.4 Å². The second-order valence-corrected chi connectivity index (χ2v) is 9.83. The summed E-state index contributed by atoms with van der Waals surface area (Å²) in [4.78, 5) is 11.8. The zero-order chi connectivity index (χ0) is 22.0. The van der Waals surface area contributed by atoms with Gasteiger partial charge in [0, 0.05) is 30.5 Å². The van der Waals surface area contributed by atoms with Crippen LogP contribution in [0.1, 0.15) is 42.6 Å². The molecule has 4 atom stereocenters. The van der Waals surface area contributed by atoms with Gasteiger partial charge in [-0.1, -0.05) is 0 Å². The molecule has 32 heavy (non-hydrogen) atoms. The highest BCUT2D eigenvalue weighted by Gasteiger charge is 2.40. The van der Waals surface area contributed by atoms with E-state index >= 15 is 0 Å². The van der Waals surface area contributed by atoms with E-state index in [1.165, 1.54) is 11.1 Å². The fourth-order valence-electron chi connectivity index (χ4n) is 5.75. The molecule has 3 saturated heterocycles. The Kier molecular flexibility index (Phi) is 4.54. The van der Waals surface area contributed by atoms with Crippen LogP contribution in [0, 0.1) is 13.8 Å². The summed E-state index contributed by atoms with van der Waals surface area (Å²) in [5, 5.41) is 20.1. The van der Waals surface area contributed by atoms with Gasteiger partial charge < -0.3 is 20.1 Å². The number of aryl methyl sites for hydroxylation is 2. The third-order valence-electron chi connectivity index (χ3n) is 7.40. The van der Waals surface area contributed by atoms with Crippen molar-refractivity contribution < 1.29 is 9.84 Å². The highest BCUT2D eigenvalue weighted by atomic mass is 16.5. The van der Waals surface area contributed by atoms with E-state index in [2.05, 4.69) is 29.3 Å². The largest absolute Gasteiger partial charge is 0.388 e. The first-order chi connectivity index (χ1) is 15.4. The first-order valence-corrected chi connectivity index (χ1v) is 11.5. The zero-order valence-electron chi connectivity index (χ0n) is 18.9. The summed E-state index contributed by atoms with van der Waals surface area (Å²) < 4.78 is 7.68. The number of ether oxygens (including phenoxy) is 1. The first-order valence-electron chi connectivity index (χ1n) is 11.5. The fraction of sp³-hybridized carbons (Fsp3) is 0.542. The lowest BCUT2D eigenvalue weighted by atomic mass is 9.77. The molecule has 0 spiro atoms. The number of anilines is 1. The average Bonchev–Trinajstić information content (AvgIpc) is 3.48. The lowest BCUT2D eigenvalue weighted by Gasteiger charge is -2.38. The molecule has 2 aromatic heterocycles. The van der Waals surface area contributed by atoms with Crippen LogP contribution in [0.25, 0.3) is 16.7 Å². The summed E-state index contributed by atoms with van der Waals surface area (Å²) in [6.07, 6.45) is 4.19. The van der Waals surface area contributed by atoms with Gasteiger partial charge in [-0.15, -0.1) is 0 Å². The second-order valence-electron chi connectivity index (χ2n) is 9.83. The number of nitrogens with one attached hydrogen (secondary N) is 1. The molecule has 0 amide bonds. The Morgan fingerprint density at radius 1 is 1.19 bits per heavy atom. The molecule has 3 aliphatic rings. The molecule has 8 heteroatoms. The minimum absolute atomic E-state index is 0.0827. The number of benzene rings is 1. The number of aromatic nitrogens is 4. The van der Waals surface area contributed by atoms with Crippen molar-refractivity contribution in [2.75, 3.05) is 31.1 Å². The van der Waals surface area contributed by atoms with Gasteiger partial charge in [-0.2, -0.15) is 5.10 Å². The lowest BCUT2D eigenvalue weighted by molar-refractivity contribution is 0.0130. The highest BCUT2D eigenvalue weighted by molar-refractivity contribution is 5.82. The summed E-state index contributed by atoms with van der Waals surface area (Å²) in [6.45, 7) is 9.16. The van der Waals surface area contributed by atoms with Crippen molar-refractivity contribution in [3.8, 4) is 5.82 Å². The Morgan fingerprint density at radius 2 is 2.03 bits per heavy atom. The molecule has 0 aliphatic carbocycles. The number of hydrogen-bond acceptors (Lipinski definition) is 7. The van der Waals surface area contributed by atoms with Crippen LogP contribution in [-0.2, 0) is 4.74 Å². The third kappa shape index (κ3) is 3.20. The van der Waals surface area contributed by atoms with E-state index in [0.29, 0.717) is 18.7 Å². The van der Waals surface area contributed by atoms with E-state index in [9.17, 15) is 5.11 Å². The number of morpholine rings is 1. The van der Waals surface area contributed by atoms with E-state index in [1.54, 1.807) is 0 Å². The Balaban J connectivity index is 1.43. The van der Waals surface area contributed by atoms with E-state index in [-0.39, 0.29) is 5.92 Å². The molecule has 3 aliphatic heterocycles. The monoisotopic (exact) mass is 434 g/mol. The lowest BCUT2D eigenvalue weighted by Crippen LogP contribution is -2.48. The highest BCUT2D eigenvalue weighted by Crippen LogP contribution is 2.37. The molecule has 8 nitrogen and oxygen atoms in total. The quantitative estimate of drug-likeness (QED) is 0.654. The van der Waals surface area contributed by atoms with Crippen LogP contribution in [0.5, 0.6) is 0 Å². The SMILES string of the molecule is Cc1nc(N2C[C@H]3C[C@@H]2CO3)cc(-n2ncc3cc(C)c(C4CCNCC4(C)O)cc32)n1. The van der Waals surface area contributed by atoms with Crippen LogP contribution >= 0.6 is 0 Å². The third-order valence-corrected chi connectivity index (χ3v) is 7.40. The van der Waals surface area contributed by atoms with Gasteiger partial charge in [-0.25, -0.2) is 14.6 Å². The molecule has 0 radical (unpaired) electrons. The number of β-amino-alcohol motifs (C(OH)–C–C–N with tert-alkyl or cyclic N) is 1. The van der Waals surface area contributed by atoms with Crippen molar-refractivity contribution in [3.63, 3.8) is 0 Å². The summed E-state index contributed by atoms with van der Waals surface area (Å²) in [5.74, 6) is 2.54. The van der Waals surface area contributed by atoms with Crippen molar-refractivity contribution in [1.82, 2.24) is 25.1 Å². The van der Waals surface area contributed by atoms with Crippen molar-refractivity contribution in [2.45, 2.75) is 57.3 Å². The molecule has 2 bridgehead atoms. The van der Waals surface area contributed by atoms with Gasteiger partial charge >= 0.3 is 0 Å². The number of hydrogen-bond donors (Lipinski definition) is 2. The Labute approximate surface area is 187 Å². The molecule has 0 saturated carbocycles. The van der Waals surface area contributed by atoms with Crippen molar-refractivity contribution in [3.05, 3.63) is 41.3 Å². The van der Waals surface area contributed by atoms with Crippen LogP contribution in [0.2, 0.25) is 0 Å². The van der Waals surface area contributed by atoms with Crippen molar-refractivity contribution >= 4 is 16.7 Å². The maximum atomic E-state index is 11.0. The zero-order valence-corrected chi connectivity index (χ0v) is 18.9. The Bertz CT molecular complexity index is 1190. The van der Waals surface area contributed by atoms with Gasteiger partial charge in [0.25, 0.3) is 0 Å². The van der Waals surface area contributed by atoms with E-state index in [4.69, 9.17) is 19.8 Å². The standard InChI is InChI=1S/C24H30N6O2/c1-14-6-16-10-26-30(21(16)8-19(14)20-4-5-25-13-24(20,3)31)23-9-22(27-15(2)28-23)29-11-18-7-17(29)12-32-18/h6,8-10,17-18,20,25,31H,4-5,7,11-13H2,1-3H3/t17-,18-,20?,24?/m1/s1. The fourth-order valence-corrected chi connectivity index (χ4v) is 5.75. The van der Waals surface area contributed by atoms with Gasteiger partial charge in [0.05, 0.1) is 36.1 Å². The second kappa shape index (κ2) is 7.23. The van der Waals surface area contributed by atoms with Crippen molar-refractivity contribution in [2.24, 2.45) is 0 Å². The maximum Gasteiger partial charge on any atom is 0.159 e. The summed E-state index contributed by atoms with van der Waals surface area (Å²) in [5.41, 5.74) is 2.61. The molecular weight excluding hydrogens is 404 g/mol. The minimum atomic E-state index is -0.780. The molecule has 3 aromatic rings. The summed E-state index contributed by atoms with van der Waals surface area (Å²) >= 11 is 0. The minimum Gasteiger partial charge on any atom is -0.388 e. The predicted octanol–water partition coefficient (Wildman–Crippen LogP) is 2.24. The van der Waals surface area contributed by atoms with Gasteiger partial charge in [0.15, 0.2) is 5.82 Å². The maximum absolute atomic E-state index is 11.0. The smallest absolute Gasteiger partial charge is 0.159 e. The molecule has 3 fully saturated rings. The number of rotatable bonds is 3. The molecule has 2 unspecified atom stereocenters. The molecule has 168 valence electrons. The van der Waals surface area contributed by atoms with Crippen LogP contribution < -0.4 is 10.2 Å². The topological polar surface area (TPSA) is 88.3 Å². The van der Waals surface area contributed by atoms with E-state index in [1.807, 2.05) is 30.8 Å². The molecule has 6 rings (SSSR count). The molecular formula is C24H30N6O2. The van der Waals surface area contributed by atoms with Gasteiger partial charge in [-0.3, -0.25) is 0 Å². The summed E-state index contributed by atoms with van der Waals surface area (Å²) in [7, 11) is 0. The Morgan fingerprint density at radius 3 is 2.78 bits per heavy atom. The number of nitrogens with zero attached hydrogens (tertiary/aromatic N) is 5. The summed E-state index contributed by atoms with van der Waals surface area (Å²) in [6, 6.07) is 6.82. The normalized spacial score (nSPS) is 29.9. The first kappa shape index (κ1) is 20.1.